The fourth-order valence-corrected chi connectivity index (χ4v) is 2.11. The van der Waals surface area contributed by atoms with Crippen LogP contribution in [0, 0.1) is 25.7 Å². The van der Waals surface area contributed by atoms with Crippen molar-refractivity contribution in [2.45, 2.75) is 13.8 Å². The van der Waals surface area contributed by atoms with Crippen LogP contribution in [0.3, 0.4) is 0 Å². The predicted octanol–water partition coefficient (Wildman–Crippen LogP) is 2.87. The van der Waals surface area contributed by atoms with Crippen LogP contribution >= 0.6 is 0 Å². The average molecular weight is 278 g/mol. The molecule has 0 fully saturated rings. The van der Waals surface area contributed by atoms with Crippen molar-refractivity contribution >= 4 is 11.6 Å². The van der Waals surface area contributed by atoms with Crippen LogP contribution in [0.15, 0.2) is 42.5 Å². The lowest BCUT2D eigenvalue weighted by molar-refractivity contribution is 0.102. The van der Waals surface area contributed by atoms with Crippen LogP contribution in [0.25, 0.3) is 0 Å². The predicted molar refractivity (Wildman–Crippen MR) is 86.2 cm³/mol. The molecule has 106 valence electrons. The number of nitrogens with one attached hydrogen (secondary N) is 1. The molecule has 0 heterocycles. The van der Waals surface area contributed by atoms with E-state index in [2.05, 4.69) is 17.2 Å². The Labute approximate surface area is 125 Å². The van der Waals surface area contributed by atoms with Crippen LogP contribution in [0.4, 0.5) is 5.69 Å². The van der Waals surface area contributed by atoms with E-state index in [1.54, 1.807) is 0 Å². The van der Waals surface area contributed by atoms with Gasteiger partial charge in [-0.2, -0.15) is 0 Å². The fraction of sp³-hybridized carbons (Fsp3) is 0.167. The van der Waals surface area contributed by atoms with E-state index in [9.17, 15) is 4.79 Å². The highest BCUT2D eigenvalue weighted by atomic mass is 16.1. The van der Waals surface area contributed by atoms with Gasteiger partial charge in [0.15, 0.2) is 0 Å². The number of hydrogen-bond donors (Lipinski definition) is 2. The number of hydrogen-bond acceptors (Lipinski definition) is 2. The van der Waals surface area contributed by atoms with Crippen molar-refractivity contribution in [3.05, 3.63) is 64.7 Å². The van der Waals surface area contributed by atoms with Crippen LogP contribution in [0.1, 0.15) is 27.0 Å². The molecule has 0 aliphatic heterocycles. The van der Waals surface area contributed by atoms with Crippen molar-refractivity contribution in [3.63, 3.8) is 0 Å². The third-order valence-corrected chi connectivity index (χ3v) is 3.13. The van der Waals surface area contributed by atoms with E-state index in [0.717, 1.165) is 16.7 Å². The van der Waals surface area contributed by atoms with Gasteiger partial charge >= 0.3 is 0 Å². The van der Waals surface area contributed by atoms with Gasteiger partial charge in [0.05, 0.1) is 12.2 Å². The number of anilines is 1. The molecule has 3 N–H and O–H groups in total. The van der Waals surface area contributed by atoms with Gasteiger partial charge in [0, 0.05) is 11.1 Å². The van der Waals surface area contributed by atoms with Gasteiger partial charge in [-0.15, -0.1) is 0 Å². The number of para-hydroxylation sites is 1. The minimum atomic E-state index is -0.130. The third-order valence-electron chi connectivity index (χ3n) is 3.13. The van der Waals surface area contributed by atoms with Gasteiger partial charge in [-0.1, -0.05) is 41.7 Å². The van der Waals surface area contributed by atoms with E-state index in [1.165, 1.54) is 0 Å². The first-order valence-corrected chi connectivity index (χ1v) is 6.78. The minimum absolute atomic E-state index is 0.130. The summed E-state index contributed by atoms with van der Waals surface area (Å²) in [5, 5.41) is 2.91. The highest BCUT2D eigenvalue weighted by molar-refractivity contribution is 6.05. The molecular formula is C18H18N2O. The second-order valence-corrected chi connectivity index (χ2v) is 4.82. The molecule has 1 amide bonds. The lowest BCUT2D eigenvalue weighted by Gasteiger charge is -2.10. The van der Waals surface area contributed by atoms with Gasteiger partial charge in [-0.05, 0) is 37.6 Å². The lowest BCUT2D eigenvalue weighted by Crippen LogP contribution is -2.14. The summed E-state index contributed by atoms with van der Waals surface area (Å²) in [6.45, 7) is 4.23. The Kier molecular flexibility index (Phi) is 4.76. The molecule has 0 unspecified atom stereocenters. The summed E-state index contributed by atoms with van der Waals surface area (Å²) >= 11 is 0. The molecule has 2 aromatic carbocycles. The van der Waals surface area contributed by atoms with Gasteiger partial charge in [0.1, 0.15) is 0 Å². The van der Waals surface area contributed by atoms with Crippen molar-refractivity contribution in [2.24, 2.45) is 5.73 Å². The highest BCUT2D eigenvalue weighted by Gasteiger charge is 2.10. The number of rotatable bonds is 2. The Bertz CT molecular complexity index is 723. The largest absolute Gasteiger partial charge is 0.321 e. The van der Waals surface area contributed by atoms with Gasteiger partial charge in [-0.25, -0.2) is 0 Å². The van der Waals surface area contributed by atoms with Gasteiger partial charge in [0.2, 0.25) is 0 Å². The second-order valence-electron chi connectivity index (χ2n) is 4.82. The van der Waals surface area contributed by atoms with Crippen LogP contribution in [-0.4, -0.2) is 12.5 Å². The van der Waals surface area contributed by atoms with Crippen molar-refractivity contribution in [1.82, 2.24) is 0 Å². The molecule has 0 saturated heterocycles. The van der Waals surface area contributed by atoms with E-state index in [4.69, 9.17) is 5.73 Å². The van der Waals surface area contributed by atoms with Gasteiger partial charge in [0.25, 0.3) is 5.91 Å². The number of aryl methyl sites for hydroxylation is 2. The molecule has 0 aromatic heterocycles. The first kappa shape index (κ1) is 14.8. The van der Waals surface area contributed by atoms with Crippen molar-refractivity contribution in [3.8, 4) is 11.8 Å². The van der Waals surface area contributed by atoms with E-state index in [0.29, 0.717) is 17.8 Å². The smallest absolute Gasteiger partial charge is 0.255 e. The quantitative estimate of drug-likeness (QED) is 0.830. The molecule has 0 atom stereocenters. The Morgan fingerprint density at radius 1 is 1.19 bits per heavy atom. The molecule has 0 radical (unpaired) electrons. The third kappa shape index (κ3) is 3.71. The molecule has 0 spiro atoms. The number of carbonyl (C=O) groups excluding carboxylic acids is 1. The summed E-state index contributed by atoms with van der Waals surface area (Å²) in [6.07, 6.45) is 0. The average Bonchev–Trinajstić information content (AvgIpc) is 2.46. The van der Waals surface area contributed by atoms with Crippen LogP contribution < -0.4 is 11.1 Å². The maximum atomic E-state index is 12.4. The van der Waals surface area contributed by atoms with Crippen molar-refractivity contribution < 1.29 is 4.79 Å². The molecule has 0 aliphatic rings. The maximum absolute atomic E-state index is 12.4. The molecule has 3 nitrogen and oxygen atoms in total. The molecule has 2 rings (SSSR count). The zero-order valence-electron chi connectivity index (χ0n) is 12.2. The molecule has 21 heavy (non-hydrogen) atoms. The maximum Gasteiger partial charge on any atom is 0.255 e. The van der Waals surface area contributed by atoms with E-state index in [1.807, 2.05) is 56.3 Å². The van der Waals surface area contributed by atoms with Gasteiger partial charge in [-0.3, -0.25) is 4.79 Å². The van der Waals surface area contributed by atoms with Crippen LogP contribution in [0.2, 0.25) is 0 Å². The molecule has 0 bridgehead atoms. The molecule has 0 saturated carbocycles. The highest BCUT2D eigenvalue weighted by Crippen LogP contribution is 2.17. The Morgan fingerprint density at radius 2 is 1.95 bits per heavy atom. The zero-order valence-corrected chi connectivity index (χ0v) is 12.2. The summed E-state index contributed by atoms with van der Waals surface area (Å²) in [6, 6.07) is 13.2. The first-order valence-electron chi connectivity index (χ1n) is 6.78. The summed E-state index contributed by atoms with van der Waals surface area (Å²) in [7, 11) is 0. The minimum Gasteiger partial charge on any atom is -0.321 e. The van der Waals surface area contributed by atoms with Gasteiger partial charge < -0.3 is 11.1 Å². The standard InChI is InChI=1S/C18H18N2O/c1-13-9-10-16(14(2)12-13)18(21)20-17-8-4-3-6-15(17)7-5-11-19/h3-4,6,8-10,12H,11,19H2,1-2H3,(H,20,21). The number of nitrogens with two attached hydrogens (primary N) is 1. The molecule has 3 heteroatoms. The van der Waals surface area contributed by atoms with Crippen molar-refractivity contribution in [1.29, 1.82) is 0 Å². The number of carbonyl (C=O) groups is 1. The normalized spacial score (nSPS) is 9.67. The van der Waals surface area contributed by atoms with E-state index in [-0.39, 0.29) is 5.91 Å². The zero-order chi connectivity index (χ0) is 15.2. The topological polar surface area (TPSA) is 55.1 Å². The Balaban J connectivity index is 2.27. The fourth-order valence-electron chi connectivity index (χ4n) is 2.11. The molecular weight excluding hydrogens is 260 g/mol. The van der Waals surface area contributed by atoms with Crippen LogP contribution in [0.5, 0.6) is 0 Å². The van der Waals surface area contributed by atoms with E-state index >= 15 is 0 Å². The van der Waals surface area contributed by atoms with Crippen LogP contribution in [-0.2, 0) is 0 Å². The Hall–Kier alpha value is -2.57. The lowest BCUT2D eigenvalue weighted by atomic mass is 10.0. The number of amides is 1. The Morgan fingerprint density at radius 3 is 2.67 bits per heavy atom. The molecule has 0 aliphatic carbocycles. The summed E-state index contributed by atoms with van der Waals surface area (Å²) in [5.41, 5.74) is 9.62. The molecule has 2 aromatic rings. The summed E-state index contributed by atoms with van der Waals surface area (Å²) < 4.78 is 0. The second kappa shape index (κ2) is 6.74. The number of benzene rings is 2. The van der Waals surface area contributed by atoms with Crippen molar-refractivity contribution in [2.75, 3.05) is 11.9 Å². The summed E-state index contributed by atoms with van der Waals surface area (Å²) in [4.78, 5) is 12.4. The monoisotopic (exact) mass is 278 g/mol. The van der Waals surface area contributed by atoms with E-state index < -0.39 is 0 Å². The first-order chi connectivity index (χ1) is 10.1. The summed E-state index contributed by atoms with van der Waals surface area (Å²) in [5.74, 6) is 5.64. The SMILES string of the molecule is Cc1ccc(C(=O)Nc2ccccc2C#CCN)c(C)c1.